The van der Waals surface area contributed by atoms with Crippen molar-refractivity contribution >= 4 is 11.6 Å². The van der Waals surface area contributed by atoms with E-state index in [-0.39, 0.29) is 0 Å². The minimum absolute atomic E-state index is 0.303. The van der Waals surface area contributed by atoms with Gasteiger partial charge in [-0.1, -0.05) is 39.5 Å². The lowest BCUT2D eigenvalue weighted by molar-refractivity contribution is -0.118. The summed E-state index contributed by atoms with van der Waals surface area (Å²) in [5.74, 6) is 1.93. The third-order valence-corrected chi connectivity index (χ3v) is 3.87. The Morgan fingerprint density at radius 2 is 1.11 bits per heavy atom. The van der Waals surface area contributed by atoms with Crippen LogP contribution in [0, 0.1) is 11.8 Å². The first-order valence-corrected chi connectivity index (χ1v) is 7.98. The van der Waals surface area contributed by atoms with E-state index in [4.69, 9.17) is 0 Å². The molecule has 0 saturated carbocycles. The van der Waals surface area contributed by atoms with Crippen LogP contribution in [0.2, 0.25) is 0 Å². The van der Waals surface area contributed by atoms with E-state index in [9.17, 15) is 9.59 Å². The highest BCUT2D eigenvalue weighted by molar-refractivity contribution is 5.75. The average Bonchev–Trinajstić information content (AvgIpc) is 2.33. The first-order valence-electron chi connectivity index (χ1n) is 7.98. The summed E-state index contributed by atoms with van der Waals surface area (Å²) in [6.07, 6.45) is 9.50. The summed E-state index contributed by atoms with van der Waals surface area (Å²) in [6, 6.07) is 0. The second-order valence-corrected chi connectivity index (χ2v) is 6.03. The SMILES string of the molecule is CCCC(CCC(C)=O)CC(CCC)CCC(C)=O. The summed E-state index contributed by atoms with van der Waals surface area (Å²) in [4.78, 5) is 22.3. The van der Waals surface area contributed by atoms with E-state index in [1.165, 1.54) is 32.1 Å². The Kier molecular flexibility index (Phi) is 10.8. The summed E-state index contributed by atoms with van der Waals surface area (Å²) < 4.78 is 0. The smallest absolute Gasteiger partial charge is 0.129 e. The molecule has 0 aromatic rings. The van der Waals surface area contributed by atoms with Crippen LogP contribution in [-0.2, 0) is 9.59 Å². The third kappa shape index (κ3) is 10.9. The van der Waals surface area contributed by atoms with E-state index in [0.717, 1.165) is 25.7 Å². The van der Waals surface area contributed by atoms with Crippen LogP contribution in [0.25, 0.3) is 0 Å². The Morgan fingerprint density at radius 3 is 1.37 bits per heavy atom. The van der Waals surface area contributed by atoms with Crippen molar-refractivity contribution in [2.24, 2.45) is 11.8 Å². The molecule has 0 N–H and O–H groups in total. The van der Waals surface area contributed by atoms with Crippen molar-refractivity contribution in [3.8, 4) is 0 Å². The van der Waals surface area contributed by atoms with Gasteiger partial charge in [-0.3, -0.25) is 0 Å². The first kappa shape index (κ1) is 18.3. The Labute approximate surface area is 119 Å². The Balaban J connectivity index is 4.27. The van der Waals surface area contributed by atoms with Gasteiger partial charge in [0.2, 0.25) is 0 Å². The molecule has 0 spiro atoms. The van der Waals surface area contributed by atoms with Crippen LogP contribution in [0.3, 0.4) is 0 Å². The molecule has 0 heterocycles. The van der Waals surface area contributed by atoms with Gasteiger partial charge in [-0.05, 0) is 44.9 Å². The molecular weight excluding hydrogens is 236 g/mol. The predicted octanol–water partition coefficient (Wildman–Crippen LogP) is 4.95. The minimum Gasteiger partial charge on any atom is -0.300 e. The van der Waals surface area contributed by atoms with Crippen LogP contribution in [0.1, 0.15) is 85.5 Å². The fourth-order valence-electron chi connectivity index (χ4n) is 2.86. The summed E-state index contributed by atoms with van der Waals surface area (Å²) in [5, 5.41) is 0. The number of carbonyl (C=O) groups excluding carboxylic acids is 2. The van der Waals surface area contributed by atoms with Crippen LogP contribution < -0.4 is 0 Å². The molecule has 0 aromatic carbocycles. The molecule has 0 saturated heterocycles. The Bertz CT molecular complexity index is 232. The fourth-order valence-corrected chi connectivity index (χ4v) is 2.86. The van der Waals surface area contributed by atoms with E-state index in [1.807, 2.05) is 0 Å². The molecule has 2 atom stereocenters. The molecule has 0 bridgehead atoms. The maximum absolute atomic E-state index is 11.1. The zero-order valence-corrected chi connectivity index (χ0v) is 13.3. The van der Waals surface area contributed by atoms with Crippen LogP contribution in [0.15, 0.2) is 0 Å². The van der Waals surface area contributed by atoms with Gasteiger partial charge in [0.1, 0.15) is 11.6 Å². The maximum Gasteiger partial charge on any atom is 0.129 e. The van der Waals surface area contributed by atoms with Crippen LogP contribution >= 0.6 is 0 Å². The molecule has 0 aliphatic heterocycles. The monoisotopic (exact) mass is 268 g/mol. The maximum atomic E-state index is 11.1. The fraction of sp³-hybridized carbons (Fsp3) is 0.882. The topological polar surface area (TPSA) is 34.1 Å². The number of rotatable bonds is 12. The zero-order chi connectivity index (χ0) is 14.7. The summed E-state index contributed by atoms with van der Waals surface area (Å²) in [6.45, 7) is 7.79. The zero-order valence-electron chi connectivity index (χ0n) is 13.3. The Morgan fingerprint density at radius 1 is 0.737 bits per heavy atom. The average molecular weight is 268 g/mol. The molecule has 0 amide bonds. The molecule has 0 aliphatic carbocycles. The number of Topliss-reactive ketones (excluding diaryl/α,β-unsaturated/α-hetero) is 2. The standard InChI is InChI=1S/C17H32O2/c1-5-7-16(11-9-14(3)18)13-17(8-6-2)12-10-15(4)19/h16-17H,5-13H2,1-4H3. The number of hydrogen-bond donors (Lipinski definition) is 0. The third-order valence-electron chi connectivity index (χ3n) is 3.87. The highest BCUT2D eigenvalue weighted by Crippen LogP contribution is 2.28. The molecule has 0 fully saturated rings. The highest BCUT2D eigenvalue weighted by Gasteiger charge is 2.16. The number of hydrogen-bond acceptors (Lipinski definition) is 2. The second kappa shape index (κ2) is 11.2. The summed E-state index contributed by atoms with van der Waals surface area (Å²) in [5.41, 5.74) is 0. The van der Waals surface area contributed by atoms with Gasteiger partial charge in [-0.2, -0.15) is 0 Å². The van der Waals surface area contributed by atoms with Gasteiger partial charge in [0.05, 0.1) is 0 Å². The largest absolute Gasteiger partial charge is 0.300 e. The molecule has 0 radical (unpaired) electrons. The molecule has 2 nitrogen and oxygen atoms in total. The molecule has 0 aromatic heterocycles. The quantitative estimate of drug-likeness (QED) is 0.502. The Hall–Kier alpha value is -0.660. The molecule has 2 unspecified atom stereocenters. The van der Waals surface area contributed by atoms with Gasteiger partial charge in [0, 0.05) is 12.8 Å². The van der Waals surface area contributed by atoms with Crippen molar-refractivity contribution in [1.82, 2.24) is 0 Å². The normalized spacial score (nSPS) is 14.1. The van der Waals surface area contributed by atoms with Gasteiger partial charge in [0.25, 0.3) is 0 Å². The van der Waals surface area contributed by atoms with Crippen molar-refractivity contribution in [2.75, 3.05) is 0 Å². The van der Waals surface area contributed by atoms with Gasteiger partial charge >= 0.3 is 0 Å². The lowest BCUT2D eigenvalue weighted by atomic mass is 9.83. The number of ketones is 2. The van der Waals surface area contributed by atoms with Gasteiger partial charge in [-0.25, -0.2) is 0 Å². The highest BCUT2D eigenvalue weighted by atomic mass is 16.1. The molecule has 112 valence electrons. The van der Waals surface area contributed by atoms with Gasteiger partial charge in [-0.15, -0.1) is 0 Å². The van der Waals surface area contributed by atoms with Crippen molar-refractivity contribution in [2.45, 2.75) is 85.5 Å². The van der Waals surface area contributed by atoms with Crippen molar-refractivity contribution < 1.29 is 9.59 Å². The van der Waals surface area contributed by atoms with E-state index in [0.29, 0.717) is 23.4 Å². The lowest BCUT2D eigenvalue weighted by Gasteiger charge is -2.22. The lowest BCUT2D eigenvalue weighted by Crippen LogP contribution is -2.12. The van der Waals surface area contributed by atoms with Gasteiger partial charge in [0.15, 0.2) is 0 Å². The summed E-state index contributed by atoms with van der Waals surface area (Å²) >= 11 is 0. The van der Waals surface area contributed by atoms with E-state index < -0.39 is 0 Å². The molecule has 2 heteroatoms. The molecule has 0 aliphatic rings. The van der Waals surface area contributed by atoms with Gasteiger partial charge < -0.3 is 9.59 Å². The molecule has 0 rings (SSSR count). The predicted molar refractivity (Wildman–Crippen MR) is 81.2 cm³/mol. The van der Waals surface area contributed by atoms with E-state index >= 15 is 0 Å². The van der Waals surface area contributed by atoms with Crippen molar-refractivity contribution in [3.63, 3.8) is 0 Å². The first-order chi connectivity index (χ1) is 8.99. The molecular formula is C17H32O2. The van der Waals surface area contributed by atoms with E-state index in [2.05, 4.69) is 13.8 Å². The van der Waals surface area contributed by atoms with Crippen molar-refractivity contribution in [3.05, 3.63) is 0 Å². The molecule has 19 heavy (non-hydrogen) atoms. The van der Waals surface area contributed by atoms with Crippen LogP contribution in [-0.4, -0.2) is 11.6 Å². The van der Waals surface area contributed by atoms with Crippen molar-refractivity contribution in [1.29, 1.82) is 0 Å². The minimum atomic E-state index is 0.303. The second-order valence-electron chi connectivity index (χ2n) is 6.03. The van der Waals surface area contributed by atoms with Crippen LogP contribution in [0.4, 0.5) is 0 Å². The van der Waals surface area contributed by atoms with E-state index in [1.54, 1.807) is 13.8 Å². The van der Waals surface area contributed by atoms with Crippen LogP contribution in [0.5, 0.6) is 0 Å². The number of carbonyl (C=O) groups is 2. The summed E-state index contributed by atoms with van der Waals surface area (Å²) in [7, 11) is 0.